The number of β-amino-alcohol motifs (C(OH)–C–C–N with tert-alkyl or cyclic N) is 1. The molecule has 2 fully saturated rings. The summed E-state index contributed by atoms with van der Waals surface area (Å²) in [6, 6.07) is 18.5. The SMILES string of the molecule is Cc1cn2cc(-c3cc(=O)n4nc(C5CCNCC5)ccc4n3)cc(C)c2n1.Cc1nc2ccc(-c3cc(=O)n4nc(C5CCN(CCO)CC5)ccc4n3)cc2o1. The Kier molecular flexibility index (Phi) is 10.1. The lowest BCUT2D eigenvalue weighted by atomic mass is 9.93. The largest absolute Gasteiger partial charge is 0.441 e. The minimum absolute atomic E-state index is 0.157. The summed E-state index contributed by atoms with van der Waals surface area (Å²) in [6.45, 7) is 10.5. The van der Waals surface area contributed by atoms with Gasteiger partial charge in [0.05, 0.1) is 35.1 Å². The number of hydrogen-bond acceptors (Lipinski definition) is 12. The second-order valence-electron chi connectivity index (χ2n) is 15.3. The number of fused-ring (bicyclic) bond motifs is 4. The third-order valence-corrected chi connectivity index (χ3v) is 11.2. The highest BCUT2D eigenvalue weighted by Gasteiger charge is 2.22. The van der Waals surface area contributed by atoms with E-state index in [1.54, 1.807) is 13.0 Å². The number of benzene rings is 1. The molecule has 2 saturated heterocycles. The number of pyridine rings is 1. The Morgan fingerprint density at radius 2 is 1.36 bits per heavy atom. The molecular weight excluding hydrogens is 735 g/mol. The average Bonchev–Trinajstić information content (AvgIpc) is 3.82. The maximum absolute atomic E-state index is 12.8. The second-order valence-corrected chi connectivity index (χ2v) is 15.3. The molecule has 8 aromatic rings. The van der Waals surface area contributed by atoms with Gasteiger partial charge in [-0.25, -0.2) is 19.9 Å². The summed E-state index contributed by atoms with van der Waals surface area (Å²) in [7, 11) is 0. The lowest BCUT2D eigenvalue weighted by Gasteiger charge is -2.31. The van der Waals surface area contributed by atoms with Crippen LogP contribution >= 0.6 is 0 Å². The van der Waals surface area contributed by atoms with Gasteiger partial charge in [0.2, 0.25) is 0 Å². The van der Waals surface area contributed by atoms with Gasteiger partial charge in [0.15, 0.2) is 22.8 Å². The lowest BCUT2D eigenvalue weighted by molar-refractivity contribution is 0.163. The van der Waals surface area contributed by atoms with Gasteiger partial charge in [-0.05, 0) is 114 Å². The number of aliphatic hydroxyl groups excluding tert-OH is 1. The van der Waals surface area contributed by atoms with Gasteiger partial charge in [-0.2, -0.15) is 19.2 Å². The van der Waals surface area contributed by atoms with Crippen molar-refractivity contribution in [3.8, 4) is 22.5 Å². The normalized spacial score (nSPS) is 15.7. The standard InChI is InChI=1S/C22H23N5O3.C21H22N6O/c1-14-23-18-3-2-16(12-20(18)30-14)19-13-22(29)27-21(24-19)5-4-17(25-27)15-6-8-26(9-7-15)10-11-28;1-13-9-16(12-26-11-14(2)23-21(13)26)18-10-20(28)27-19(24-18)4-3-17(25-27)15-5-7-22-8-6-15/h2-5,12-13,15,28H,6-11H2,1H3;3-4,9-12,15,22H,5-8H2,1-2H3. The van der Waals surface area contributed by atoms with Gasteiger partial charge >= 0.3 is 0 Å². The molecule has 0 atom stereocenters. The molecule has 2 N–H and O–H groups in total. The molecule has 0 aliphatic carbocycles. The molecule has 9 heterocycles. The van der Waals surface area contributed by atoms with E-state index in [4.69, 9.17) is 14.5 Å². The Bertz CT molecular complexity index is 2920. The van der Waals surface area contributed by atoms with Crippen molar-refractivity contribution in [2.75, 3.05) is 39.3 Å². The molecule has 10 rings (SSSR count). The summed E-state index contributed by atoms with van der Waals surface area (Å²) in [6.07, 6.45) is 7.97. The molecule has 7 aromatic heterocycles. The molecule has 15 nitrogen and oxygen atoms in total. The number of oxazole rings is 1. The topological polar surface area (TPSA) is 173 Å². The van der Waals surface area contributed by atoms with E-state index in [2.05, 4.69) is 35.4 Å². The first kappa shape index (κ1) is 37.4. The van der Waals surface area contributed by atoms with E-state index in [9.17, 15) is 9.59 Å². The highest BCUT2D eigenvalue weighted by atomic mass is 16.3. The number of aryl methyl sites for hydroxylation is 3. The van der Waals surface area contributed by atoms with Crippen LogP contribution in [0.2, 0.25) is 0 Å². The van der Waals surface area contributed by atoms with Crippen molar-refractivity contribution in [3.05, 3.63) is 122 Å². The van der Waals surface area contributed by atoms with E-state index < -0.39 is 0 Å². The van der Waals surface area contributed by atoms with Gasteiger partial charge in [0.1, 0.15) is 11.2 Å². The van der Waals surface area contributed by atoms with E-state index in [1.165, 1.54) is 15.1 Å². The third kappa shape index (κ3) is 7.51. The minimum atomic E-state index is -0.205. The zero-order chi connectivity index (χ0) is 39.9. The van der Waals surface area contributed by atoms with Crippen LogP contribution < -0.4 is 16.4 Å². The fourth-order valence-electron chi connectivity index (χ4n) is 8.20. The fourth-order valence-corrected chi connectivity index (χ4v) is 8.20. The maximum atomic E-state index is 12.8. The number of hydrogen-bond donors (Lipinski definition) is 2. The van der Waals surface area contributed by atoms with Crippen LogP contribution in [-0.2, 0) is 0 Å². The average molecular weight is 780 g/mol. The smallest absolute Gasteiger partial charge is 0.275 e. The van der Waals surface area contributed by atoms with Crippen LogP contribution in [0.15, 0.2) is 87.1 Å². The van der Waals surface area contributed by atoms with Gasteiger partial charge < -0.3 is 24.1 Å². The maximum Gasteiger partial charge on any atom is 0.275 e. The number of aromatic nitrogens is 9. The van der Waals surface area contributed by atoms with E-state index in [1.807, 2.05) is 79.2 Å². The fraction of sp³-hybridized carbons (Fsp3) is 0.349. The summed E-state index contributed by atoms with van der Waals surface area (Å²) in [5.41, 5.74) is 9.94. The van der Waals surface area contributed by atoms with E-state index in [0.717, 1.165) is 96.8 Å². The van der Waals surface area contributed by atoms with Crippen molar-refractivity contribution < 1.29 is 9.52 Å². The number of aliphatic hydroxyl groups is 1. The van der Waals surface area contributed by atoms with Gasteiger partial charge in [-0.15, -0.1) is 0 Å². The molecule has 1 aromatic carbocycles. The Morgan fingerprint density at radius 3 is 2.02 bits per heavy atom. The summed E-state index contributed by atoms with van der Waals surface area (Å²) in [4.78, 5) is 46.0. The quantitative estimate of drug-likeness (QED) is 0.235. The van der Waals surface area contributed by atoms with Crippen molar-refractivity contribution in [2.24, 2.45) is 0 Å². The highest BCUT2D eigenvalue weighted by molar-refractivity contribution is 5.79. The minimum Gasteiger partial charge on any atom is -0.441 e. The van der Waals surface area contributed by atoms with E-state index in [-0.39, 0.29) is 17.7 Å². The number of piperidine rings is 2. The zero-order valence-corrected chi connectivity index (χ0v) is 32.8. The van der Waals surface area contributed by atoms with Crippen LogP contribution in [0.3, 0.4) is 0 Å². The summed E-state index contributed by atoms with van der Waals surface area (Å²) in [5, 5.41) is 21.7. The molecule has 0 spiro atoms. The summed E-state index contributed by atoms with van der Waals surface area (Å²) >= 11 is 0. The first-order valence-electron chi connectivity index (χ1n) is 19.9. The van der Waals surface area contributed by atoms with Gasteiger partial charge in [-0.1, -0.05) is 6.07 Å². The van der Waals surface area contributed by atoms with Gasteiger partial charge in [0, 0.05) is 61.0 Å². The molecule has 296 valence electrons. The summed E-state index contributed by atoms with van der Waals surface area (Å²) < 4.78 is 10.4. The van der Waals surface area contributed by atoms with Crippen LogP contribution in [0.25, 0.3) is 50.6 Å². The monoisotopic (exact) mass is 779 g/mol. The molecule has 15 heteroatoms. The molecule has 0 saturated carbocycles. The lowest BCUT2D eigenvalue weighted by Crippen LogP contribution is -2.35. The van der Waals surface area contributed by atoms with Crippen LogP contribution in [0, 0.1) is 20.8 Å². The first-order valence-corrected chi connectivity index (χ1v) is 19.9. The molecule has 0 amide bonds. The van der Waals surface area contributed by atoms with Crippen LogP contribution in [0.4, 0.5) is 0 Å². The van der Waals surface area contributed by atoms with E-state index >= 15 is 0 Å². The molecule has 2 aliphatic rings. The number of likely N-dealkylation sites (tertiary alicyclic amines) is 1. The van der Waals surface area contributed by atoms with Crippen LogP contribution in [-0.4, -0.2) is 92.9 Å². The Balaban J connectivity index is 0.000000151. The van der Waals surface area contributed by atoms with E-state index in [0.29, 0.717) is 52.5 Å². The molecule has 58 heavy (non-hydrogen) atoms. The van der Waals surface area contributed by atoms with Crippen LogP contribution in [0.1, 0.15) is 66.1 Å². The second kappa shape index (κ2) is 15.6. The van der Waals surface area contributed by atoms with Crippen molar-refractivity contribution >= 4 is 28.0 Å². The zero-order valence-electron chi connectivity index (χ0n) is 32.8. The van der Waals surface area contributed by atoms with Crippen molar-refractivity contribution in [1.82, 2.24) is 53.8 Å². The molecular formula is C43H45N11O4. The first-order chi connectivity index (χ1) is 28.2. The van der Waals surface area contributed by atoms with Gasteiger partial charge in [-0.3, -0.25) is 9.59 Å². The molecule has 0 radical (unpaired) electrons. The predicted octanol–water partition coefficient (Wildman–Crippen LogP) is 4.87. The number of imidazole rings is 1. The number of rotatable bonds is 6. The Labute approximate surface area is 333 Å². The summed E-state index contributed by atoms with van der Waals surface area (Å²) in [5.74, 6) is 1.31. The third-order valence-electron chi connectivity index (χ3n) is 11.2. The predicted molar refractivity (Wildman–Crippen MR) is 220 cm³/mol. The molecule has 0 unspecified atom stereocenters. The molecule has 0 bridgehead atoms. The van der Waals surface area contributed by atoms with Crippen LogP contribution in [0.5, 0.6) is 0 Å². The number of nitrogens with zero attached hydrogens (tertiary/aromatic N) is 10. The van der Waals surface area contributed by atoms with Crippen molar-refractivity contribution in [3.63, 3.8) is 0 Å². The molecule has 2 aliphatic heterocycles. The van der Waals surface area contributed by atoms with Crippen molar-refractivity contribution in [1.29, 1.82) is 0 Å². The Hall–Kier alpha value is -6.16. The van der Waals surface area contributed by atoms with Crippen molar-refractivity contribution in [2.45, 2.75) is 58.3 Å². The van der Waals surface area contributed by atoms with Gasteiger partial charge in [0.25, 0.3) is 11.1 Å². The number of nitrogens with one attached hydrogen (secondary N) is 1. The Morgan fingerprint density at radius 1 is 0.724 bits per heavy atom. The highest BCUT2D eigenvalue weighted by Crippen LogP contribution is 2.28.